The lowest BCUT2D eigenvalue weighted by Gasteiger charge is -2.22. The maximum absolute atomic E-state index is 5.62. The molecule has 0 saturated carbocycles. The van der Waals surface area contributed by atoms with Crippen LogP contribution in [0.1, 0.15) is 52.9 Å². The molecule has 0 aromatic heterocycles. The highest BCUT2D eigenvalue weighted by atomic mass is 16.5. The van der Waals surface area contributed by atoms with Crippen molar-refractivity contribution in [2.45, 2.75) is 65.0 Å². The third-order valence-electron chi connectivity index (χ3n) is 3.53. The van der Waals surface area contributed by atoms with Crippen molar-refractivity contribution in [2.75, 3.05) is 13.2 Å². The minimum Gasteiger partial charge on any atom is -0.377 e. The van der Waals surface area contributed by atoms with E-state index in [2.05, 4.69) is 26.1 Å². The van der Waals surface area contributed by atoms with Crippen LogP contribution in [0.4, 0.5) is 0 Å². The van der Waals surface area contributed by atoms with Crippen LogP contribution < -0.4 is 5.32 Å². The van der Waals surface area contributed by atoms with Gasteiger partial charge in [0.1, 0.15) is 0 Å². The zero-order valence-electron chi connectivity index (χ0n) is 10.6. The third kappa shape index (κ3) is 4.98. The first kappa shape index (κ1) is 13.0. The van der Waals surface area contributed by atoms with Gasteiger partial charge in [0.05, 0.1) is 6.10 Å². The van der Waals surface area contributed by atoms with Crippen LogP contribution in [0, 0.1) is 5.92 Å². The Bertz CT molecular complexity index is 155. The number of rotatable bonds is 7. The molecule has 1 saturated heterocycles. The Kier molecular flexibility index (Phi) is 6.26. The second-order valence-electron chi connectivity index (χ2n) is 4.90. The molecule has 15 heavy (non-hydrogen) atoms. The van der Waals surface area contributed by atoms with E-state index in [4.69, 9.17) is 4.74 Å². The van der Waals surface area contributed by atoms with E-state index in [1.54, 1.807) is 0 Å². The van der Waals surface area contributed by atoms with Crippen molar-refractivity contribution in [1.29, 1.82) is 0 Å². The fourth-order valence-electron chi connectivity index (χ4n) is 2.15. The molecule has 3 atom stereocenters. The Morgan fingerprint density at radius 3 is 2.67 bits per heavy atom. The summed E-state index contributed by atoms with van der Waals surface area (Å²) in [6.45, 7) is 8.91. The van der Waals surface area contributed by atoms with Crippen molar-refractivity contribution in [3.05, 3.63) is 0 Å². The quantitative estimate of drug-likeness (QED) is 0.702. The van der Waals surface area contributed by atoms with E-state index in [0.717, 1.165) is 19.1 Å². The molecule has 1 aliphatic heterocycles. The molecule has 1 aliphatic rings. The molecule has 0 spiro atoms. The molecule has 0 radical (unpaired) electrons. The lowest BCUT2D eigenvalue weighted by molar-refractivity contribution is 0.106. The molecule has 0 unspecified atom stereocenters. The monoisotopic (exact) mass is 213 g/mol. The topological polar surface area (TPSA) is 21.3 Å². The normalized spacial score (nSPS) is 25.4. The average molecular weight is 213 g/mol. The summed E-state index contributed by atoms with van der Waals surface area (Å²) in [4.78, 5) is 0. The number of ether oxygens (including phenoxy) is 1. The van der Waals surface area contributed by atoms with E-state index in [1.807, 2.05) is 0 Å². The van der Waals surface area contributed by atoms with Gasteiger partial charge < -0.3 is 10.1 Å². The minimum atomic E-state index is 0.482. The molecule has 0 aromatic rings. The van der Waals surface area contributed by atoms with Crippen LogP contribution in [0.2, 0.25) is 0 Å². The minimum absolute atomic E-state index is 0.482. The fourth-order valence-corrected chi connectivity index (χ4v) is 2.15. The second-order valence-corrected chi connectivity index (χ2v) is 4.90. The van der Waals surface area contributed by atoms with Gasteiger partial charge in [0, 0.05) is 19.2 Å². The number of nitrogens with one attached hydrogen (secondary N) is 1. The van der Waals surface area contributed by atoms with Crippen molar-refractivity contribution in [1.82, 2.24) is 5.32 Å². The van der Waals surface area contributed by atoms with Gasteiger partial charge in [0.2, 0.25) is 0 Å². The van der Waals surface area contributed by atoms with Gasteiger partial charge in [-0.25, -0.2) is 0 Å². The Balaban J connectivity index is 2.14. The summed E-state index contributed by atoms with van der Waals surface area (Å²) < 4.78 is 5.62. The van der Waals surface area contributed by atoms with E-state index < -0.39 is 0 Å². The summed E-state index contributed by atoms with van der Waals surface area (Å²) in [5.74, 6) is 0.840. The zero-order chi connectivity index (χ0) is 11.1. The van der Waals surface area contributed by atoms with Crippen molar-refractivity contribution in [3.8, 4) is 0 Å². The number of hydrogen-bond acceptors (Lipinski definition) is 2. The highest BCUT2D eigenvalue weighted by Gasteiger charge is 2.17. The summed E-state index contributed by atoms with van der Waals surface area (Å²) in [5, 5.41) is 3.65. The first-order valence-electron chi connectivity index (χ1n) is 6.61. The maximum Gasteiger partial charge on any atom is 0.0700 e. The summed E-state index contributed by atoms with van der Waals surface area (Å²) in [6, 6.07) is 0.684. The van der Waals surface area contributed by atoms with Crippen molar-refractivity contribution >= 4 is 0 Å². The van der Waals surface area contributed by atoms with E-state index >= 15 is 0 Å². The lowest BCUT2D eigenvalue weighted by atomic mass is 9.97. The molecule has 0 aromatic carbocycles. The molecule has 90 valence electrons. The molecule has 2 nitrogen and oxygen atoms in total. The standard InChI is InChI=1S/C13H27NO/c1-4-11(3)9-12(5-2)14-10-13-7-6-8-15-13/h11-14H,4-10H2,1-3H3/t11-,12+,13+/m1/s1. The first-order valence-corrected chi connectivity index (χ1v) is 6.61. The Hall–Kier alpha value is -0.0800. The van der Waals surface area contributed by atoms with Gasteiger partial charge in [0.25, 0.3) is 0 Å². The van der Waals surface area contributed by atoms with Gasteiger partial charge in [-0.1, -0.05) is 27.2 Å². The van der Waals surface area contributed by atoms with Gasteiger partial charge in [-0.05, 0) is 31.6 Å². The van der Waals surface area contributed by atoms with Crippen LogP contribution in [-0.2, 0) is 4.74 Å². The van der Waals surface area contributed by atoms with E-state index in [0.29, 0.717) is 12.1 Å². The van der Waals surface area contributed by atoms with Crippen molar-refractivity contribution in [3.63, 3.8) is 0 Å². The van der Waals surface area contributed by atoms with E-state index in [1.165, 1.54) is 32.1 Å². The predicted molar refractivity (Wildman–Crippen MR) is 65.1 cm³/mol. The van der Waals surface area contributed by atoms with Gasteiger partial charge in [-0.2, -0.15) is 0 Å². The van der Waals surface area contributed by atoms with E-state index in [9.17, 15) is 0 Å². The van der Waals surface area contributed by atoms with E-state index in [-0.39, 0.29) is 0 Å². The molecule has 1 N–H and O–H groups in total. The third-order valence-corrected chi connectivity index (χ3v) is 3.53. The van der Waals surface area contributed by atoms with Crippen LogP contribution in [0.5, 0.6) is 0 Å². The summed E-state index contributed by atoms with van der Waals surface area (Å²) >= 11 is 0. The molecule has 1 heterocycles. The van der Waals surface area contributed by atoms with Crippen LogP contribution in [0.15, 0.2) is 0 Å². The highest BCUT2D eigenvalue weighted by molar-refractivity contribution is 4.73. The molecule has 1 rings (SSSR count). The average Bonchev–Trinajstić information content (AvgIpc) is 2.76. The highest BCUT2D eigenvalue weighted by Crippen LogP contribution is 2.14. The first-order chi connectivity index (χ1) is 7.26. The van der Waals surface area contributed by atoms with Gasteiger partial charge in [0.15, 0.2) is 0 Å². The molecule has 2 heteroatoms. The molecule has 0 amide bonds. The smallest absolute Gasteiger partial charge is 0.0700 e. The van der Waals surface area contributed by atoms with Gasteiger partial charge in [-0.15, -0.1) is 0 Å². The molecular formula is C13H27NO. The molecule has 0 aliphatic carbocycles. The maximum atomic E-state index is 5.62. The Labute approximate surface area is 94.8 Å². The van der Waals surface area contributed by atoms with Gasteiger partial charge >= 0.3 is 0 Å². The lowest BCUT2D eigenvalue weighted by Crippen LogP contribution is -2.36. The Morgan fingerprint density at radius 1 is 1.33 bits per heavy atom. The zero-order valence-corrected chi connectivity index (χ0v) is 10.6. The van der Waals surface area contributed by atoms with Crippen molar-refractivity contribution < 1.29 is 4.74 Å². The molecular weight excluding hydrogens is 186 g/mol. The van der Waals surface area contributed by atoms with Crippen molar-refractivity contribution in [2.24, 2.45) is 5.92 Å². The Morgan fingerprint density at radius 2 is 2.13 bits per heavy atom. The van der Waals surface area contributed by atoms with Gasteiger partial charge in [-0.3, -0.25) is 0 Å². The number of hydrogen-bond donors (Lipinski definition) is 1. The molecule has 1 fully saturated rings. The largest absolute Gasteiger partial charge is 0.377 e. The van der Waals surface area contributed by atoms with Crippen LogP contribution >= 0.6 is 0 Å². The molecule has 0 bridgehead atoms. The summed E-state index contributed by atoms with van der Waals surface area (Å²) in [5.41, 5.74) is 0. The predicted octanol–water partition coefficient (Wildman–Crippen LogP) is 2.97. The second kappa shape index (κ2) is 7.24. The van der Waals surface area contributed by atoms with Crippen LogP contribution in [0.3, 0.4) is 0 Å². The summed E-state index contributed by atoms with van der Waals surface area (Å²) in [6.07, 6.45) is 6.80. The summed E-state index contributed by atoms with van der Waals surface area (Å²) in [7, 11) is 0. The van der Waals surface area contributed by atoms with Crippen LogP contribution in [0.25, 0.3) is 0 Å². The van der Waals surface area contributed by atoms with Crippen LogP contribution in [-0.4, -0.2) is 25.3 Å². The fraction of sp³-hybridized carbons (Fsp3) is 1.00. The SMILES string of the molecule is CC[C@@H](C)C[C@H](CC)NC[C@@H]1CCCO1.